The number of hydrogen-bond donors (Lipinski definition) is 1. The second kappa shape index (κ2) is 4.90. The van der Waals surface area contributed by atoms with Crippen molar-refractivity contribution in [3.63, 3.8) is 0 Å². The fourth-order valence-corrected chi connectivity index (χ4v) is 0.583. The Morgan fingerprint density at radius 2 is 1.67 bits per heavy atom. The molecule has 0 amide bonds. The van der Waals surface area contributed by atoms with E-state index in [9.17, 15) is 0 Å². The summed E-state index contributed by atoms with van der Waals surface area (Å²) in [5, 5.41) is 8.54. The van der Waals surface area contributed by atoms with E-state index in [0.29, 0.717) is 0 Å². The van der Waals surface area contributed by atoms with Gasteiger partial charge in [-0.25, -0.2) is 0 Å². The predicted molar refractivity (Wildman–Crippen MR) is 32.4 cm³/mol. The Balaban J connectivity index is 0.000000640. The molecule has 0 aliphatic rings. The van der Waals surface area contributed by atoms with Crippen LogP contribution in [0.1, 0.15) is 5.56 Å². The van der Waals surface area contributed by atoms with Crippen LogP contribution in [-0.4, -0.2) is 5.11 Å². The molecular formula is C7H8OZr. The van der Waals surface area contributed by atoms with Gasteiger partial charge in [0.05, 0.1) is 6.61 Å². The first-order valence-electron chi connectivity index (χ1n) is 2.58. The van der Waals surface area contributed by atoms with Crippen molar-refractivity contribution in [1.82, 2.24) is 0 Å². The Kier molecular flexibility index (Phi) is 4.93. The quantitative estimate of drug-likeness (QED) is 0.720. The molecule has 0 saturated carbocycles. The van der Waals surface area contributed by atoms with E-state index < -0.39 is 0 Å². The molecule has 0 radical (unpaired) electrons. The van der Waals surface area contributed by atoms with Crippen LogP contribution in [0, 0.1) is 0 Å². The normalized spacial score (nSPS) is 8.11. The maximum atomic E-state index is 8.54. The third-order valence-electron chi connectivity index (χ3n) is 1.03. The SMILES string of the molecule is OCc1ccccc1.[Zr]. The number of benzene rings is 1. The Hall–Kier alpha value is 0.0631. The van der Waals surface area contributed by atoms with E-state index in [4.69, 9.17) is 5.11 Å². The molecule has 0 heterocycles. The summed E-state index contributed by atoms with van der Waals surface area (Å²) < 4.78 is 0. The van der Waals surface area contributed by atoms with Crippen molar-refractivity contribution in [3.8, 4) is 0 Å². The molecule has 0 saturated heterocycles. The van der Waals surface area contributed by atoms with Crippen molar-refractivity contribution in [1.29, 1.82) is 0 Å². The minimum Gasteiger partial charge on any atom is -0.392 e. The molecule has 2 heteroatoms. The Morgan fingerprint density at radius 3 is 2.00 bits per heavy atom. The number of rotatable bonds is 1. The van der Waals surface area contributed by atoms with Gasteiger partial charge in [0.25, 0.3) is 0 Å². The van der Waals surface area contributed by atoms with Crippen LogP contribution < -0.4 is 0 Å². The summed E-state index contributed by atoms with van der Waals surface area (Å²) in [5.74, 6) is 0. The first-order chi connectivity index (χ1) is 3.93. The van der Waals surface area contributed by atoms with Gasteiger partial charge in [-0.15, -0.1) is 0 Å². The van der Waals surface area contributed by atoms with Crippen LogP contribution >= 0.6 is 0 Å². The summed E-state index contributed by atoms with van der Waals surface area (Å²) in [7, 11) is 0. The van der Waals surface area contributed by atoms with Gasteiger partial charge in [0.2, 0.25) is 0 Å². The van der Waals surface area contributed by atoms with Gasteiger partial charge in [-0.3, -0.25) is 0 Å². The molecule has 46 valence electrons. The summed E-state index contributed by atoms with van der Waals surface area (Å²) in [6.45, 7) is 0.140. The minimum absolute atomic E-state index is 0. The fraction of sp³-hybridized carbons (Fsp3) is 0.143. The van der Waals surface area contributed by atoms with E-state index in [2.05, 4.69) is 0 Å². The zero-order chi connectivity index (χ0) is 5.82. The zero-order valence-electron chi connectivity index (χ0n) is 5.04. The van der Waals surface area contributed by atoms with E-state index in [1.54, 1.807) is 0 Å². The minimum atomic E-state index is 0. The van der Waals surface area contributed by atoms with Crippen molar-refractivity contribution < 1.29 is 31.3 Å². The fourth-order valence-electron chi connectivity index (χ4n) is 0.583. The molecule has 0 aliphatic heterocycles. The van der Waals surface area contributed by atoms with E-state index in [1.165, 1.54) is 0 Å². The maximum absolute atomic E-state index is 8.54. The topological polar surface area (TPSA) is 20.2 Å². The maximum Gasteiger partial charge on any atom is 0.0681 e. The van der Waals surface area contributed by atoms with Gasteiger partial charge in [-0.05, 0) is 5.56 Å². The van der Waals surface area contributed by atoms with Gasteiger partial charge in [0, 0.05) is 26.2 Å². The molecule has 0 bridgehead atoms. The van der Waals surface area contributed by atoms with Crippen molar-refractivity contribution in [2.45, 2.75) is 6.61 Å². The Bertz CT molecular complexity index is 150. The van der Waals surface area contributed by atoms with Gasteiger partial charge in [-0.2, -0.15) is 0 Å². The summed E-state index contributed by atoms with van der Waals surface area (Å²) in [5.41, 5.74) is 0.965. The van der Waals surface area contributed by atoms with E-state index >= 15 is 0 Å². The second-order valence-electron chi connectivity index (χ2n) is 1.64. The first-order valence-corrected chi connectivity index (χ1v) is 2.58. The smallest absolute Gasteiger partial charge is 0.0681 e. The second-order valence-corrected chi connectivity index (χ2v) is 1.64. The third-order valence-corrected chi connectivity index (χ3v) is 1.03. The van der Waals surface area contributed by atoms with Crippen molar-refractivity contribution in [3.05, 3.63) is 35.9 Å². The van der Waals surface area contributed by atoms with Crippen LogP contribution in [0.3, 0.4) is 0 Å². The van der Waals surface area contributed by atoms with Gasteiger partial charge >= 0.3 is 0 Å². The molecule has 1 N–H and O–H groups in total. The molecular weight excluding hydrogens is 191 g/mol. The molecule has 1 rings (SSSR count). The molecule has 1 aromatic rings. The molecule has 1 aromatic carbocycles. The zero-order valence-corrected chi connectivity index (χ0v) is 7.50. The van der Waals surface area contributed by atoms with Crippen LogP contribution in [0.5, 0.6) is 0 Å². The van der Waals surface area contributed by atoms with E-state index in [1.807, 2.05) is 30.3 Å². The van der Waals surface area contributed by atoms with Crippen molar-refractivity contribution in [2.24, 2.45) is 0 Å². The van der Waals surface area contributed by atoms with Crippen LogP contribution in [0.25, 0.3) is 0 Å². The van der Waals surface area contributed by atoms with E-state index in [-0.39, 0.29) is 32.8 Å². The van der Waals surface area contributed by atoms with Crippen molar-refractivity contribution >= 4 is 0 Å². The van der Waals surface area contributed by atoms with Gasteiger partial charge in [0.15, 0.2) is 0 Å². The molecule has 0 aromatic heterocycles. The van der Waals surface area contributed by atoms with Crippen LogP contribution in [-0.2, 0) is 32.8 Å². The third kappa shape index (κ3) is 2.93. The summed E-state index contributed by atoms with van der Waals surface area (Å²) in [6.07, 6.45) is 0. The standard InChI is InChI=1S/C7H8O.Zr/c8-6-7-4-2-1-3-5-7;/h1-5,8H,6H2;. The average molecular weight is 199 g/mol. The van der Waals surface area contributed by atoms with Gasteiger partial charge in [-0.1, -0.05) is 30.3 Å². The van der Waals surface area contributed by atoms with E-state index in [0.717, 1.165) is 5.56 Å². The van der Waals surface area contributed by atoms with Crippen molar-refractivity contribution in [2.75, 3.05) is 0 Å². The summed E-state index contributed by atoms with van der Waals surface area (Å²) >= 11 is 0. The van der Waals surface area contributed by atoms with Crippen LogP contribution in [0.15, 0.2) is 30.3 Å². The summed E-state index contributed by atoms with van der Waals surface area (Å²) in [4.78, 5) is 0. The number of aliphatic hydroxyl groups excluding tert-OH is 1. The monoisotopic (exact) mass is 198 g/mol. The number of aliphatic hydroxyl groups is 1. The molecule has 1 nitrogen and oxygen atoms in total. The molecule has 0 unspecified atom stereocenters. The Morgan fingerprint density at radius 1 is 1.11 bits per heavy atom. The molecule has 0 aliphatic carbocycles. The molecule has 0 atom stereocenters. The predicted octanol–water partition coefficient (Wildman–Crippen LogP) is 1.18. The molecule has 0 spiro atoms. The average Bonchev–Trinajstić information content (AvgIpc) is 1.90. The molecule has 0 fully saturated rings. The summed E-state index contributed by atoms with van der Waals surface area (Å²) in [6, 6.07) is 9.52. The number of hydrogen-bond acceptors (Lipinski definition) is 1. The van der Waals surface area contributed by atoms with Gasteiger partial charge < -0.3 is 5.11 Å². The van der Waals surface area contributed by atoms with Crippen LogP contribution in [0.2, 0.25) is 0 Å². The Labute approximate surface area is 73.8 Å². The first kappa shape index (κ1) is 9.06. The largest absolute Gasteiger partial charge is 0.392 e. The van der Waals surface area contributed by atoms with Crippen LogP contribution in [0.4, 0.5) is 0 Å². The molecule has 9 heavy (non-hydrogen) atoms. The van der Waals surface area contributed by atoms with Gasteiger partial charge in [0.1, 0.15) is 0 Å².